The molecule has 0 spiro atoms. The molecule has 0 amide bonds. The maximum atomic E-state index is 6.50. The Labute approximate surface area is 279 Å². The number of hydrogen-bond acceptors (Lipinski definition) is 2. The Morgan fingerprint density at radius 3 is 1.56 bits per heavy atom. The van der Waals surface area contributed by atoms with Crippen LogP contribution in [0.1, 0.15) is 27.7 Å². The summed E-state index contributed by atoms with van der Waals surface area (Å²) in [7, 11) is -0.418. The number of para-hydroxylation sites is 1. The van der Waals surface area contributed by atoms with Gasteiger partial charge in [0.05, 0.1) is 22.2 Å². The largest absolute Gasteiger partial charge is 0.494 e. The van der Waals surface area contributed by atoms with Crippen LogP contribution in [0.15, 0.2) is 133 Å². The van der Waals surface area contributed by atoms with Gasteiger partial charge in [0.15, 0.2) is 0 Å². The molecule has 0 unspecified atom stereocenters. The van der Waals surface area contributed by atoms with Crippen LogP contribution in [0.2, 0.25) is 0 Å². The lowest BCUT2D eigenvalue weighted by atomic mass is 9.77. The summed E-state index contributed by atoms with van der Waals surface area (Å²) in [5.74, 6) is 0. The highest BCUT2D eigenvalue weighted by Gasteiger charge is 2.51. The summed E-state index contributed by atoms with van der Waals surface area (Å²) < 4.78 is 15.5. The van der Waals surface area contributed by atoms with Crippen molar-refractivity contribution in [3.63, 3.8) is 0 Å². The Morgan fingerprint density at radius 1 is 0.438 bits per heavy atom. The Hall–Kier alpha value is -5.16. The summed E-state index contributed by atoms with van der Waals surface area (Å²) in [6.07, 6.45) is 0. The summed E-state index contributed by atoms with van der Waals surface area (Å²) in [5, 5.41) is 15.1. The van der Waals surface area contributed by atoms with E-state index in [9.17, 15) is 0 Å². The molecule has 10 rings (SSSR count). The lowest BCUT2D eigenvalue weighted by molar-refractivity contribution is 0.00578. The van der Waals surface area contributed by atoms with Crippen LogP contribution in [0, 0.1) is 0 Å². The van der Waals surface area contributed by atoms with Gasteiger partial charge in [-0.05, 0) is 106 Å². The van der Waals surface area contributed by atoms with Crippen LogP contribution >= 0.6 is 0 Å². The Balaban J connectivity index is 1.38. The molecule has 48 heavy (non-hydrogen) atoms. The first-order valence-electron chi connectivity index (χ1n) is 16.9. The summed E-state index contributed by atoms with van der Waals surface area (Å²) in [6, 6.07) is 49.0. The molecule has 4 heteroatoms. The van der Waals surface area contributed by atoms with E-state index in [4.69, 9.17) is 9.31 Å². The van der Waals surface area contributed by atoms with E-state index in [-0.39, 0.29) is 0 Å². The maximum absolute atomic E-state index is 6.50. The second-order valence-corrected chi connectivity index (χ2v) is 14.3. The minimum Gasteiger partial charge on any atom is -0.399 e. The molecule has 1 aliphatic heterocycles. The second-order valence-electron chi connectivity index (χ2n) is 14.3. The molecule has 1 saturated heterocycles. The summed E-state index contributed by atoms with van der Waals surface area (Å²) >= 11 is 0. The lowest BCUT2D eigenvalue weighted by Gasteiger charge is -2.32. The molecule has 0 bridgehead atoms. The molecule has 9 aromatic rings. The number of aromatic nitrogens is 1. The third kappa shape index (κ3) is 3.73. The molecule has 0 radical (unpaired) electrons. The average molecular weight is 620 g/mol. The quantitative estimate of drug-likeness (QED) is 0.142. The van der Waals surface area contributed by atoms with Gasteiger partial charge in [0.2, 0.25) is 0 Å². The van der Waals surface area contributed by atoms with Crippen LogP contribution in [0.25, 0.3) is 81.4 Å². The van der Waals surface area contributed by atoms with Crippen molar-refractivity contribution in [2.45, 2.75) is 38.9 Å². The highest BCUT2D eigenvalue weighted by Crippen LogP contribution is 2.46. The minimum absolute atomic E-state index is 0.400. The Bertz CT molecular complexity index is 2780. The fourth-order valence-electron chi connectivity index (χ4n) is 8.11. The topological polar surface area (TPSA) is 23.4 Å². The highest BCUT2D eigenvalue weighted by atomic mass is 16.7. The number of hydrogen-bond donors (Lipinski definition) is 0. The van der Waals surface area contributed by atoms with Crippen molar-refractivity contribution in [1.29, 1.82) is 0 Å². The van der Waals surface area contributed by atoms with Crippen LogP contribution in [0.5, 0.6) is 0 Å². The Morgan fingerprint density at radius 2 is 0.917 bits per heavy atom. The van der Waals surface area contributed by atoms with Crippen LogP contribution in [-0.2, 0) is 9.31 Å². The predicted molar refractivity (Wildman–Crippen MR) is 204 cm³/mol. The second kappa shape index (κ2) is 9.70. The molecule has 0 N–H and O–H groups in total. The van der Waals surface area contributed by atoms with Gasteiger partial charge >= 0.3 is 7.12 Å². The molecule has 2 heterocycles. The highest BCUT2D eigenvalue weighted by molar-refractivity contribution is 6.62. The molecular formula is C44H34BNO2. The van der Waals surface area contributed by atoms with Gasteiger partial charge < -0.3 is 13.9 Å². The van der Waals surface area contributed by atoms with Crippen LogP contribution in [-0.4, -0.2) is 22.9 Å². The van der Waals surface area contributed by atoms with Gasteiger partial charge in [-0.25, -0.2) is 0 Å². The summed E-state index contributed by atoms with van der Waals surface area (Å²) in [4.78, 5) is 0. The molecule has 1 aromatic heterocycles. The molecular weight excluding hydrogens is 585 g/mol. The summed E-state index contributed by atoms with van der Waals surface area (Å²) in [6.45, 7) is 8.45. The lowest BCUT2D eigenvalue weighted by Crippen LogP contribution is -2.41. The van der Waals surface area contributed by atoms with Gasteiger partial charge in [0.25, 0.3) is 0 Å². The van der Waals surface area contributed by atoms with Gasteiger partial charge in [0.1, 0.15) is 0 Å². The maximum Gasteiger partial charge on any atom is 0.494 e. The first-order chi connectivity index (χ1) is 23.3. The van der Waals surface area contributed by atoms with Crippen molar-refractivity contribution >= 4 is 88.2 Å². The molecule has 1 fully saturated rings. The number of fused-ring (bicyclic) bond motifs is 14. The van der Waals surface area contributed by atoms with Crippen molar-refractivity contribution in [1.82, 2.24) is 4.57 Å². The van der Waals surface area contributed by atoms with Gasteiger partial charge in [-0.3, -0.25) is 0 Å². The first kappa shape index (κ1) is 27.9. The molecule has 1 aliphatic rings. The van der Waals surface area contributed by atoms with E-state index >= 15 is 0 Å². The van der Waals surface area contributed by atoms with E-state index in [1.807, 2.05) is 0 Å². The molecule has 8 aromatic carbocycles. The van der Waals surface area contributed by atoms with Crippen LogP contribution < -0.4 is 5.46 Å². The van der Waals surface area contributed by atoms with Crippen LogP contribution in [0.4, 0.5) is 0 Å². The van der Waals surface area contributed by atoms with Gasteiger partial charge in [-0.15, -0.1) is 0 Å². The van der Waals surface area contributed by atoms with Gasteiger partial charge in [0, 0.05) is 21.8 Å². The average Bonchev–Trinajstić information content (AvgIpc) is 3.56. The van der Waals surface area contributed by atoms with Crippen LogP contribution in [0.3, 0.4) is 0 Å². The monoisotopic (exact) mass is 619 g/mol. The third-order valence-corrected chi connectivity index (χ3v) is 11.2. The van der Waals surface area contributed by atoms with Gasteiger partial charge in [-0.1, -0.05) is 109 Å². The zero-order valence-corrected chi connectivity index (χ0v) is 27.5. The SMILES string of the molecule is CC1(C)OB(c2ccc3c(c2)c2ccccc2c2cc4c5c6ccccc6c6ccccc6c5n(-c5ccccc5)c4cc32)OC1(C)C. The fourth-order valence-corrected chi connectivity index (χ4v) is 8.11. The van der Waals surface area contributed by atoms with E-state index in [0.29, 0.717) is 0 Å². The van der Waals surface area contributed by atoms with Crippen molar-refractivity contribution in [3.05, 3.63) is 133 Å². The third-order valence-electron chi connectivity index (χ3n) is 11.2. The first-order valence-corrected chi connectivity index (χ1v) is 16.9. The fraction of sp³-hybridized carbons (Fsp3) is 0.136. The minimum atomic E-state index is -0.418. The standard InChI is InChI=1S/C44H34BNO2/c1-43(2)44(3,4)48-45(47-43)27-22-23-33-36(24-27)31-18-8-9-19-32(31)37-25-39-40(26-38(33)37)46(28-14-6-5-7-15-28)42-35-21-13-11-17-30(35)29-16-10-12-20-34(29)41(39)42/h5-26H,1-4H3. The predicted octanol–water partition coefficient (Wildman–Crippen LogP) is 10.8. The molecule has 230 valence electrons. The summed E-state index contributed by atoms with van der Waals surface area (Å²) in [5.41, 5.74) is 3.86. The van der Waals surface area contributed by atoms with E-state index < -0.39 is 18.3 Å². The number of rotatable bonds is 2. The molecule has 3 nitrogen and oxygen atoms in total. The van der Waals surface area contributed by atoms with E-state index in [2.05, 4.69) is 166 Å². The van der Waals surface area contributed by atoms with E-state index in [1.54, 1.807) is 0 Å². The zero-order chi connectivity index (χ0) is 32.4. The normalized spacial score (nSPS) is 16.0. The smallest absolute Gasteiger partial charge is 0.399 e. The van der Waals surface area contributed by atoms with Crippen molar-refractivity contribution < 1.29 is 9.31 Å². The van der Waals surface area contributed by atoms with E-state index in [1.165, 1.54) is 75.7 Å². The van der Waals surface area contributed by atoms with Crippen molar-refractivity contribution in [2.75, 3.05) is 0 Å². The van der Waals surface area contributed by atoms with Gasteiger partial charge in [-0.2, -0.15) is 0 Å². The number of nitrogens with zero attached hydrogens (tertiary/aromatic N) is 1. The van der Waals surface area contributed by atoms with E-state index in [0.717, 1.165) is 11.2 Å². The molecule has 0 aliphatic carbocycles. The zero-order valence-electron chi connectivity index (χ0n) is 27.5. The van der Waals surface area contributed by atoms with Crippen molar-refractivity contribution in [2.24, 2.45) is 0 Å². The Kier molecular flexibility index (Phi) is 5.64. The number of benzene rings is 8. The molecule has 0 atom stereocenters. The van der Waals surface area contributed by atoms with Crippen molar-refractivity contribution in [3.8, 4) is 5.69 Å². The molecule has 0 saturated carbocycles.